The second-order valence-corrected chi connectivity index (χ2v) is 6.48. The van der Waals surface area contributed by atoms with Gasteiger partial charge in [0.15, 0.2) is 0 Å². The SMILES string of the molecule is COc1ccc([C@H]2CC(c3ccccc3)=C[C@@H](CC=O)[C@@H]2[N+](=O)[O-])cc1. The molecule has 3 rings (SSSR count). The lowest BCUT2D eigenvalue weighted by molar-refractivity contribution is -0.534. The molecule has 0 heterocycles. The lowest BCUT2D eigenvalue weighted by Crippen LogP contribution is -2.37. The molecule has 0 N–H and O–H groups in total. The summed E-state index contributed by atoms with van der Waals surface area (Å²) < 4.78 is 5.19. The minimum atomic E-state index is -0.818. The molecule has 1 aliphatic carbocycles. The van der Waals surface area contributed by atoms with Crippen LogP contribution in [-0.4, -0.2) is 24.4 Å². The monoisotopic (exact) mass is 351 g/mol. The fourth-order valence-corrected chi connectivity index (χ4v) is 3.74. The predicted octanol–water partition coefficient (Wildman–Crippen LogP) is 4.12. The number of benzene rings is 2. The van der Waals surface area contributed by atoms with Crippen molar-refractivity contribution in [1.29, 1.82) is 0 Å². The number of hydrogen-bond donors (Lipinski definition) is 0. The highest BCUT2D eigenvalue weighted by atomic mass is 16.6. The van der Waals surface area contributed by atoms with Gasteiger partial charge in [-0.1, -0.05) is 48.5 Å². The van der Waals surface area contributed by atoms with Gasteiger partial charge in [-0.2, -0.15) is 0 Å². The van der Waals surface area contributed by atoms with Crippen LogP contribution >= 0.6 is 0 Å². The van der Waals surface area contributed by atoms with Gasteiger partial charge in [-0.3, -0.25) is 10.1 Å². The largest absolute Gasteiger partial charge is 0.497 e. The Bertz CT molecular complexity index is 799. The molecule has 0 saturated heterocycles. The van der Waals surface area contributed by atoms with Crippen molar-refractivity contribution in [3.8, 4) is 5.75 Å². The maximum absolute atomic E-state index is 11.8. The number of allylic oxidation sites excluding steroid dienone is 1. The quantitative estimate of drug-likeness (QED) is 0.446. The summed E-state index contributed by atoms with van der Waals surface area (Å²) >= 11 is 0. The van der Waals surface area contributed by atoms with E-state index in [1.165, 1.54) is 0 Å². The van der Waals surface area contributed by atoms with E-state index >= 15 is 0 Å². The summed E-state index contributed by atoms with van der Waals surface area (Å²) in [7, 11) is 1.59. The van der Waals surface area contributed by atoms with Crippen LogP contribution in [-0.2, 0) is 4.79 Å². The topological polar surface area (TPSA) is 69.4 Å². The highest BCUT2D eigenvalue weighted by Gasteiger charge is 2.42. The molecule has 0 aliphatic heterocycles. The predicted molar refractivity (Wildman–Crippen MR) is 99.7 cm³/mol. The van der Waals surface area contributed by atoms with Gasteiger partial charge >= 0.3 is 0 Å². The maximum atomic E-state index is 11.8. The summed E-state index contributed by atoms with van der Waals surface area (Å²) in [6.07, 6.45) is 3.40. The Hall–Kier alpha value is -2.95. The molecule has 26 heavy (non-hydrogen) atoms. The minimum Gasteiger partial charge on any atom is -0.497 e. The number of aldehydes is 1. The molecule has 0 saturated carbocycles. The zero-order valence-electron chi connectivity index (χ0n) is 14.6. The summed E-state index contributed by atoms with van der Waals surface area (Å²) in [5.41, 5.74) is 2.99. The molecule has 5 nitrogen and oxygen atoms in total. The molecule has 3 atom stereocenters. The van der Waals surface area contributed by atoms with Crippen LogP contribution < -0.4 is 4.74 Å². The van der Waals surface area contributed by atoms with Crippen molar-refractivity contribution in [3.05, 3.63) is 81.9 Å². The number of hydrogen-bond acceptors (Lipinski definition) is 4. The van der Waals surface area contributed by atoms with Crippen molar-refractivity contribution in [2.45, 2.75) is 24.8 Å². The summed E-state index contributed by atoms with van der Waals surface area (Å²) in [6.45, 7) is 0. The Morgan fingerprint density at radius 3 is 2.42 bits per heavy atom. The van der Waals surface area contributed by atoms with Gasteiger partial charge in [0.1, 0.15) is 12.0 Å². The first-order valence-corrected chi connectivity index (χ1v) is 8.61. The van der Waals surface area contributed by atoms with Crippen LogP contribution in [0, 0.1) is 16.0 Å². The smallest absolute Gasteiger partial charge is 0.226 e. The van der Waals surface area contributed by atoms with Gasteiger partial charge in [0.05, 0.1) is 18.9 Å². The van der Waals surface area contributed by atoms with Gasteiger partial charge in [0, 0.05) is 11.3 Å². The van der Waals surface area contributed by atoms with Crippen LogP contribution in [0.5, 0.6) is 5.75 Å². The molecule has 0 bridgehead atoms. The maximum Gasteiger partial charge on any atom is 0.226 e. The fourth-order valence-electron chi connectivity index (χ4n) is 3.74. The fraction of sp³-hybridized carbons (Fsp3) is 0.286. The van der Waals surface area contributed by atoms with Gasteiger partial charge in [-0.05, 0) is 35.3 Å². The van der Waals surface area contributed by atoms with E-state index in [-0.39, 0.29) is 17.3 Å². The van der Waals surface area contributed by atoms with E-state index in [2.05, 4.69) is 0 Å². The molecule has 2 aromatic carbocycles. The van der Waals surface area contributed by atoms with Crippen LogP contribution in [0.2, 0.25) is 0 Å². The summed E-state index contributed by atoms with van der Waals surface area (Å²) in [6, 6.07) is 16.4. The molecule has 0 amide bonds. The van der Waals surface area contributed by atoms with E-state index in [0.29, 0.717) is 12.2 Å². The Kier molecular flexibility index (Phi) is 5.46. The van der Waals surface area contributed by atoms with Crippen molar-refractivity contribution in [2.75, 3.05) is 7.11 Å². The lowest BCUT2D eigenvalue weighted by atomic mass is 9.72. The van der Waals surface area contributed by atoms with Crippen molar-refractivity contribution in [2.24, 2.45) is 5.92 Å². The molecule has 0 unspecified atom stereocenters. The first kappa shape index (κ1) is 17.9. The van der Waals surface area contributed by atoms with E-state index < -0.39 is 12.0 Å². The van der Waals surface area contributed by atoms with Crippen LogP contribution in [0.15, 0.2) is 60.7 Å². The first-order chi connectivity index (χ1) is 12.6. The second kappa shape index (κ2) is 7.95. The molecule has 5 heteroatoms. The Labute approximate surface area is 152 Å². The molecule has 0 fully saturated rings. The van der Waals surface area contributed by atoms with Crippen molar-refractivity contribution in [3.63, 3.8) is 0 Å². The minimum absolute atomic E-state index is 0.147. The normalized spacial score (nSPS) is 22.3. The van der Waals surface area contributed by atoms with Gasteiger partial charge < -0.3 is 9.53 Å². The molecule has 2 aromatic rings. The molecule has 134 valence electrons. The molecule has 1 aliphatic rings. The number of nitro groups is 1. The van der Waals surface area contributed by atoms with Crippen molar-refractivity contribution < 1.29 is 14.5 Å². The first-order valence-electron chi connectivity index (χ1n) is 8.61. The Balaban J connectivity index is 2.03. The van der Waals surface area contributed by atoms with Gasteiger partial charge in [-0.15, -0.1) is 0 Å². The summed E-state index contributed by atoms with van der Waals surface area (Å²) in [4.78, 5) is 22.7. The molecular formula is C21H21NO4. The number of nitrogens with zero attached hydrogens (tertiary/aromatic N) is 1. The van der Waals surface area contributed by atoms with Crippen LogP contribution in [0.3, 0.4) is 0 Å². The van der Waals surface area contributed by atoms with Crippen LogP contribution in [0.25, 0.3) is 5.57 Å². The van der Waals surface area contributed by atoms with Crippen LogP contribution in [0.1, 0.15) is 29.9 Å². The number of rotatable bonds is 6. The number of carbonyl (C=O) groups excluding carboxylic acids is 1. The van der Waals surface area contributed by atoms with Gasteiger partial charge in [0.2, 0.25) is 6.04 Å². The van der Waals surface area contributed by atoms with Crippen molar-refractivity contribution >= 4 is 11.9 Å². The highest BCUT2D eigenvalue weighted by molar-refractivity contribution is 5.68. The Morgan fingerprint density at radius 1 is 1.15 bits per heavy atom. The van der Waals surface area contributed by atoms with E-state index in [1.54, 1.807) is 7.11 Å². The van der Waals surface area contributed by atoms with Crippen molar-refractivity contribution in [1.82, 2.24) is 0 Å². The standard InChI is InChI=1S/C21H21NO4/c1-26-19-9-7-16(8-10-19)20-14-18(15-5-3-2-4-6-15)13-17(11-12-23)21(20)22(24)25/h2-10,12-13,17,20-21H,11,14H2,1H3/t17-,20-,21+/m1/s1. The number of methoxy groups -OCH3 is 1. The molecule has 0 radical (unpaired) electrons. The van der Waals surface area contributed by atoms with Gasteiger partial charge in [-0.25, -0.2) is 0 Å². The molecular weight excluding hydrogens is 330 g/mol. The van der Waals surface area contributed by atoms with E-state index in [9.17, 15) is 14.9 Å². The number of ether oxygens (including phenoxy) is 1. The Morgan fingerprint density at radius 2 is 1.85 bits per heavy atom. The lowest BCUT2D eigenvalue weighted by Gasteiger charge is -2.31. The van der Waals surface area contributed by atoms with Crippen LogP contribution in [0.4, 0.5) is 0 Å². The third-order valence-corrected chi connectivity index (χ3v) is 5.01. The average molecular weight is 351 g/mol. The third kappa shape index (κ3) is 3.67. The van der Waals surface area contributed by atoms with E-state index in [4.69, 9.17) is 4.74 Å². The summed E-state index contributed by atoms with van der Waals surface area (Å²) in [5, 5.41) is 11.8. The zero-order valence-corrected chi connectivity index (χ0v) is 14.6. The molecule has 0 spiro atoms. The highest BCUT2D eigenvalue weighted by Crippen LogP contribution is 2.42. The zero-order chi connectivity index (χ0) is 18.5. The summed E-state index contributed by atoms with van der Waals surface area (Å²) in [5.74, 6) is 0.00472. The van der Waals surface area contributed by atoms with E-state index in [1.807, 2.05) is 60.7 Å². The average Bonchev–Trinajstić information content (AvgIpc) is 2.68. The second-order valence-electron chi connectivity index (χ2n) is 6.48. The molecule has 0 aromatic heterocycles. The van der Waals surface area contributed by atoms with E-state index in [0.717, 1.165) is 23.0 Å². The van der Waals surface area contributed by atoms with Gasteiger partial charge in [0.25, 0.3) is 0 Å². The third-order valence-electron chi connectivity index (χ3n) is 5.01. The number of carbonyl (C=O) groups is 1.